The van der Waals surface area contributed by atoms with Gasteiger partial charge in [-0.25, -0.2) is 4.79 Å². The lowest BCUT2D eigenvalue weighted by Gasteiger charge is -2.32. The van der Waals surface area contributed by atoms with Crippen molar-refractivity contribution in [3.8, 4) is 0 Å². The van der Waals surface area contributed by atoms with Gasteiger partial charge in [-0.2, -0.15) is 0 Å². The SMILES string of the molecule is C[Si](C)(C)c1ccc([C@@H]2CCOC[C@H]2NC(=O)OCc2ccccc2)cc1. The topological polar surface area (TPSA) is 47.6 Å². The summed E-state index contributed by atoms with van der Waals surface area (Å²) in [4.78, 5) is 12.3. The fourth-order valence-corrected chi connectivity index (χ4v) is 4.59. The van der Waals surface area contributed by atoms with E-state index in [-0.39, 0.29) is 18.6 Å². The van der Waals surface area contributed by atoms with Crippen LogP contribution in [0.2, 0.25) is 19.6 Å². The maximum atomic E-state index is 12.3. The van der Waals surface area contributed by atoms with Crippen molar-refractivity contribution in [1.82, 2.24) is 5.32 Å². The van der Waals surface area contributed by atoms with Gasteiger partial charge < -0.3 is 14.8 Å². The van der Waals surface area contributed by atoms with Crippen molar-refractivity contribution in [1.29, 1.82) is 0 Å². The highest BCUT2D eigenvalue weighted by atomic mass is 28.3. The third-order valence-electron chi connectivity index (χ3n) is 5.08. The van der Waals surface area contributed by atoms with Crippen molar-refractivity contribution in [2.75, 3.05) is 13.2 Å². The van der Waals surface area contributed by atoms with E-state index in [1.165, 1.54) is 10.8 Å². The first-order chi connectivity index (χ1) is 12.9. The quantitative estimate of drug-likeness (QED) is 0.793. The average Bonchev–Trinajstić information content (AvgIpc) is 2.67. The van der Waals surface area contributed by atoms with E-state index in [0.717, 1.165) is 18.6 Å². The standard InChI is InChI=1S/C22H29NO3Si/c1-27(2,3)19-11-9-18(10-12-19)20-13-14-25-16-21(20)23-22(24)26-15-17-7-5-4-6-8-17/h4-12,20-21H,13-16H2,1-3H3,(H,23,24)/t20-,21+/m0/s1. The number of nitrogens with one attached hydrogen (secondary N) is 1. The molecule has 0 aromatic heterocycles. The van der Waals surface area contributed by atoms with Crippen LogP contribution >= 0.6 is 0 Å². The minimum Gasteiger partial charge on any atom is -0.445 e. The van der Waals surface area contributed by atoms with E-state index in [1.54, 1.807) is 0 Å². The van der Waals surface area contributed by atoms with Crippen molar-refractivity contribution in [3.05, 3.63) is 65.7 Å². The molecular weight excluding hydrogens is 354 g/mol. The zero-order valence-electron chi connectivity index (χ0n) is 16.4. The Hall–Kier alpha value is -2.11. The maximum absolute atomic E-state index is 12.3. The van der Waals surface area contributed by atoms with Crippen LogP contribution in [0.4, 0.5) is 4.79 Å². The van der Waals surface area contributed by atoms with Crippen molar-refractivity contribution in [2.24, 2.45) is 0 Å². The predicted molar refractivity (Wildman–Crippen MR) is 111 cm³/mol. The Balaban J connectivity index is 1.62. The summed E-state index contributed by atoms with van der Waals surface area (Å²) >= 11 is 0. The molecule has 144 valence electrons. The lowest BCUT2D eigenvalue weighted by atomic mass is 9.88. The van der Waals surface area contributed by atoms with Crippen molar-refractivity contribution < 1.29 is 14.3 Å². The molecule has 2 atom stereocenters. The molecule has 5 heteroatoms. The monoisotopic (exact) mass is 383 g/mol. The first kappa shape index (κ1) is 19.6. The van der Waals surface area contributed by atoms with Crippen molar-refractivity contribution >= 4 is 19.4 Å². The van der Waals surface area contributed by atoms with Gasteiger partial charge in [0.1, 0.15) is 6.61 Å². The molecule has 1 amide bonds. The Kier molecular flexibility index (Phi) is 6.34. The van der Waals surface area contributed by atoms with Crippen LogP contribution < -0.4 is 10.5 Å². The van der Waals surface area contributed by atoms with Gasteiger partial charge in [0, 0.05) is 12.5 Å². The van der Waals surface area contributed by atoms with Crippen LogP contribution in [0.1, 0.15) is 23.5 Å². The summed E-state index contributed by atoms with van der Waals surface area (Å²) < 4.78 is 11.0. The summed E-state index contributed by atoms with van der Waals surface area (Å²) in [6.07, 6.45) is 0.508. The summed E-state index contributed by atoms with van der Waals surface area (Å²) in [5, 5.41) is 4.45. The third-order valence-corrected chi connectivity index (χ3v) is 7.14. The number of hydrogen-bond acceptors (Lipinski definition) is 3. The van der Waals surface area contributed by atoms with Gasteiger partial charge in [0.05, 0.1) is 20.7 Å². The molecule has 3 rings (SSSR count). The highest BCUT2D eigenvalue weighted by Crippen LogP contribution is 2.27. The van der Waals surface area contributed by atoms with Gasteiger partial charge in [0.25, 0.3) is 0 Å². The molecule has 1 N–H and O–H groups in total. The Morgan fingerprint density at radius 1 is 1.11 bits per heavy atom. The number of hydrogen-bond donors (Lipinski definition) is 1. The normalized spacial score (nSPS) is 20.1. The Labute approximate surface area is 162 Å². The first-order valence-corrected chi connectivity index (χ1v) is 13.1. The largest absolute Gasteiger partial charge is 0.445 e. The summed E-state index contributed by atoms with van der Waals surface area (Å²) in [7, 11) is -1.31. The summed E-state index contributed by atoms with van der Waals surface area (Å²) in [6, 6.07) is 18.6. The number of amides is 1. The van der Waals surface area contributed by atoms with Crippen molar-refractivity contribution in [3.63, 3.8) is 0 Å². The fraction of sp³-hybridized carbons (Fsp3) is 0.409. The second-order valence-electron chi connectivity index (χ2n) is 8.15. The maximum Gasteiger partial charge on any atom is 0.407 e. The number of rotatable bonds is 5. The molecule has 2 aromatic rings. The van der Waals surface area contributed by atoms with E-state index >= 15 is 0 Å². The number of ether oxygens (including phenoxy) is 2. The summed E-state index contributed by atoms with van der Waals surface area (Å²) in [6.45, 7) is 8.56. The highest BCUT2D eigenvalue weighted by molar-refractivity contribution is 6.88. The lowest BCUT2D eigenvalue weighted by molar-refractivity contribution is 0.0523. The van der Waals surface area contributed by atoms with Gasteiger partial charge in [0.15, 0.2) is 0 Å². The molecule has 0 aliphatic carbocycles. The Bertz CT molecular complexity index is 740. The second kappa shape index (κ2) is 8.72. The molecule has 0 spiro atoms. The predicted octanol–water partition coefficient (Wildman–Crippen LogP) is 4.03. The molecule has 2 aromatic carbocycles. The molecule has 1 saturated heterocycles. The van der Waals surface area contributed by atoms with E-state index in [0.29, 0.717) is 6.61 Å². The van der Waals surface area contributed by atoms with Crippen LogP contribution in [0, 0.1) is 0 Å². The molecule has 0 bridgehead atoms. The van der Waals surface area contributed by atoms with E-state index in [1.807, 2.05) is 30.3 Å². The fourth-order valence-electron chi connectivity index (χ4n) is 3.43. The van der Waals surface area contributed by atoms with E-state index < -0.39 is 14.2 Å². The molecule has 0 unspecified atom stereocenters. The molecule has 4 nitrogen and oxygen atoms in total. The summed E-state index contributed by atoms with van der Waals surface area (Å²) in [5.41, 5.74) is 2.24. The summed E-state index contributed by atoms with van der Waals surface area (Å²) in [5.74, 6) is 0.249. The molecule has 1 aliphatic heterocycles. The number of benzene rings is 2. The molecule has 0 radical (unpaired) electrons. The third kappa shape index (κ3) is 5.43. The Morgan fingerprint density at radius 3 is 2.48 bits per heavy atom. The zero-order valence-corrected chi connectivity index (χ0v) is 17.4. The van der Waals surface area contributed by atoms with Gasteiger partial charge >= 0.3 is 6.09 Å². The number of carbonyl (C=O) groups is 1. The molecule has 1 aliphatic rings. The smallest absolute Gasteiger partial charge is 0.407 e. The van der Waals surface area contributed by atoms with Gasteiger partial charge in [-0.15, -0.1) is 0 Å². The van der Waals surface area contributed by atoms with Gasteiger partial charge in [0.2, 0.25) is 0 Å². The van der Waals surface area contributed by atoms with Gasteiger partial charge in [-0.05, 0) is 17.5 Å². The van der Waals surface area contributed by atoms with Crippen LogP contribution in [-0.2, 0) is 16.1 Å². The zero-order chi connectivity index (χ0) is 19.3. The van der Waals surface area contributed by atoms with E-state index in [2.05, 4.69) is 49.2 Å². The van der Waals surface area contributed by atoms with Gasteiger partial charge in [-0.1, -0.05) is 79.4 Å². The second-order valence-corrected chi connectivity index (χ2v) is 13.2. The van der Waals surface area contributed by atoms with Crippen LogP contribution in [0.25, 0.3) is 0 Å². The van der Waals surface area contributed by atoms with E-state index in [9.17, 15) is 4.79 Å². The lowest BCUT2D eigenvalue weighted by Crippen LogP contribution is -2.45. The molecule has 0 saturated carbocycles. The van der Waals surface area contributed by atoms with E-state index in [4.69, 9.17) is 9.47 Å². The number of carbonyl (C=O) groups excluding carboxylic acids is 1. The van der Waals surface area contributed by atoms with Crippen LogP contribution in [0.15, 0.2) is 54.6 Å². The van der Waals surface area contributed by atoms with Crippen LogP contribution in [0.5, 0.6) is 0 Å². The first-order valence-electron chi connectivity index (χ1n) is 9.59. The minimum absolute atomic E-state index is 0.0697. The Morgan fingerprint density at radius 2 is 1.81 bits per heavy atom. The average molecular weight is 384 g/mol. The van der Waals surface area contributed by atoms with Crippen molar-refractivity contribution in [2.45, 2.75) is 44.6 Å². The van der Waals surface area contributed by atoms with Crippen LogP contribution in [-0.4, -0.2) is 33.4 Å². The van der Waals surface area contributed by atoms with Gasteiger partial charge in [-0.3, -0.25) is 0 Å². The molecule has 1 heterocycles. The number of alkyl carbamates (subject to hydrolysis) is 1. The molecule has 27 heavy (non-hydrogen) atoms. The molecular formula is C22H29NO3Si. The highest BCUT2D eigenvalue weighted by Gasteiger charge is 2.29. The minimum atomic E-state index is -1.31. The van der Waals surface area contributed by atoms with Crippen LogP contribution in [0.3, 0.4) is 0 Å². The molecule has 1 fully saturated rings.